The molecule has 1 N–H and O–H groups in total. The number of aromatic nitrogens is 2. The van der Waals surface area contributed by atoms with Crippen molar-refractivity contribution in [2.24, 2.45) is 0 Å². The van der Waals surface area contributed by atoms with Gasteiger partial charge in [-0.25, -0.2) is 8.42 Å². The van der Waals surface area contributed by atoms with E-state index in [0.717, 1.165) is 4.88 Å². The molecule has 8 heteroatoms. The highest BCUT2D eigenvalue weighted by molar-refractivity contribution is 7.89. The Labute approximate surface area is 127 Å². The SMILES string of the molecule is CC(C)N(Cc1cccs1)S(=O)(=O)c1[nH]ncc1CCl. The van der Waals surface area contributed by atoms with Gasteiger partial charge in [-0.3, -0.25) is 5.10 Å². The molecule has 0 aromatic carbocycles. The zero-order valence-electron chi connectivity index (χ0n) is 11.2. The lowest BCUT2D eigenvalue weighted by molar-refractivity contribution is 0.349. The van der Waals surface area contributed by atoms with E-state index in [0.29, 0.717) is 12.1 Å². The van der Waals surface area contributed by atoms with Crippen molar-refractivity contribution in [2.45, 2.75) is 37.3 Å². The van der Waals surface area contributed by atoms with Crippen LogP contribution in [0.2, 0.25) is 0 Å². The molecule has 0 radical (unpaired) electrons. The first-order valence-corrected chi connectivity index (χ1v) is 8.94. The summed E-state index contributed by atoms with van der Waals surface area (Å²) < 4.78 is 26.9. The molecule has 2 rings (SSSR count). The van der Waals surface area contributed by atoms with Crippen LogP contribution in [0.1, 0.15) is 24.3 Å². The maximum Gasteiger partial charge on any atom is 0.260 e. The van der Waals surface area contributed by atoms with Crippen LogP contribution in [0, 0.1) is 0 Å². The van der Waals surface area contributed by atoms with Gasteiger partial charge in [0.2, 0.25) is 0 Å². The summed E-state index contributed by atoms with van der Waals surface area (Å²) in [6.45, 7) is 4.04. The van der Waals surface area contributed by atoms with Crippen LogP contribution in [0.5, 0.6) is 0 Å². The normalized spacial score (nSPS) is 12.4. The number of H-pyrrole nitrogens is 1. The highest BCUT2D eigenvalue weighted by atomic mass is 35.5. The van der Waals surface area contributed by atoms with Crippen LogP contribution < -0.4 is 0 Å². The average Bonchev–Trinajstić information content (AvgIpc) is 3.06. The lowest BCUT2D eigenvalue weighted by Crippen LogP contribution is -2.36. The number of hydrogen-bond donors (Lipinski definition) is 1. The second-order valence-corrected chi connectivity index (χ2v) is 7.71. The largest absolute Gasteiger partial charge is 0.266 e. The Morgan fingerprint density at radius 2 is 2.25 bits per heavy atom. The van der Waals surface area contributed by atoms with Crippen LogP contribution in [0.3, 0.4) is 0 Å². The van der Waals surface area contributed by atoms with E-state index in [2.05, 4.69) is 10.2 Å². The molecule has 0 fully saturated rings. The lowest BCUT2D eigenvalue weighted by Gasteiger charge is -2.25. The van der Waals surface area contributed by atoms with Crippen LogP contribution in [0.4, 0.5) is 0 Å². The smallest absolute Gasteiger partial charge is 0.260 e. The molecule has 0 aliphatic heterocycles. The molecule has 0 atom stereocenters. The van der Waals surface area contributed by atoms with E-state index in [1.807, 2.05) is 31.4 Å². The molecule has 0 saturated carbocycles. The zero-order chi connectivity index (χ0) is 14.8. The maximum absolute atomic E-state index is 12.7. The molecule has 0 unspecified atom stereocenters. The fourth-order valence-corrected chi connectivity index (χ4v) is 4.63. The van der Waals surface area contributed by atoms with Crippen molar-refractivity contribution in [1.29, 1.82) is 0 Å². The lowest BCUT2D eigenvalue weighted by atomic mass is 10.4. The monoisotopic (exact) mass is 333 g/mol. The molecule has 2 heterocycles. The standard InChI is InChI=1S/C12H16ClN3O2S2/c1-9(2)16(8-11-4-3-5-19-11)20(17,18)12-10(6-13)7-14-15-12/h3-5,7,9H,6,8H2,1-2H3,(H,14,15). The Balaban J connectivity index is 2.37. The van der Waals surface area contributed by atoms with Crippen molar-refractivity contribution in [3.8, 4) is 0 Å². The fourth-order valence-electron chi connectivity index (χ4n) is 1.84. The summed E-state index contributed by atoms with van der Waals surface area (Å²) in [5.74, 6) is 0.107. The first-order chi connectivity index (χ1) is 9.46. The molecule has 20 heavy (non-hydrogen) atoms. The van der Waals surface area contributed by atoms with Crippen LogP contribution >= 0.6 is 22.9 Å². The second kappa shape index (κ2) is 6.26. The topological polar surface area (TPSA) is 66.1 Å². The van der Waals surface area contributed by atoms with Gasteiger partial charge in [0.1, 0.15) is 0 Å². The number of nitrogens with one attached hydrogen (secondary N) is 1. The Morgan fingerprint density at radius 3 is 2.80 bits per heavy atom. The van der Waals surface area contributed by atoms with Crippen molar-refractivity contribution < 1.29 is 8.42 Å². The minimum absolute atomic E-state index is 0.0813. The summed E-state index contributed by atoms with van der Waals surface area (Å²) in [4.78, 5) is 0.995. The van der Waals surface area contributed by atoms with Crippen LogP contribution in [-0.2, 0) is 22.4 Å². The Kier molecular flexibility index (Phi) is 4.85. The van der Waals surface area contributed by atoms with Crippen molar-refractivity contribution in [3.63, 3.8) is 0 Å². The molecule has 0 amide bonds. The van der Waals surface area contributed by atoms with Gasteiger partial charge in [-0.2, -0.15) is 9.40 Å². The van der Waals surface area contributed by atoms with Crippen molar-refractivity contribution in [2.75, 3.05) is 0 Å². The molecule has 0 aliphatic rings. The molecule has 5 nitrogen and oxygen atoms in total. The van der Waals surface area contributed by atoms with E-state index in [-0.39, 0.29) is 16.9 Å². The summed E-state index contributed by atoms with van der Waals surface area (Å²) in [6, 6.07) is 3.67. The van der Waals surface area contributed by atoms with Crippen molar-refractivity contribution >= 4 is 33.0 Å². The first kappa shape index (κ1) is 15.5. The number of halogens is 1. The number of rotatable bonds is 6. The molecule has 0 bridgehead atoms. The van der Waals surface area contributed by atoms with Crippen LogP contribution in [-0.4, -0.2) is 29.0 Å². The quantitative estimate of drug-likeness (QED) is 0.827. The average molecular weight is 334 g/mol. The summed E-state index contributed by atoms with van der Waals surface area (Å²) >= 11 is 7.30. The third kappa shape index (κ3) is 3.06. The number of sulfonamides is 1. The first-order valence-electron chi connectivity index (χ1n) is 6.09. The Morgan fingerprint density at radius 1 is 1.50 bits per heavy atom. The van der Waals surface area contributed by atoms with Gasteiger partial charge >= 0.3 is 0 Å². The highest BCUT2D eigenvalue weighted by Crippen LogP contribution is 2.24. The van der Waals surface area contributed by atoms with E-state index in [1.165, 1.54) is 21.8 Å². The van der Waals surface area contributed by atoms with E-state index < -0.39 is 10.0 Å². The number of aromatic amines is 1. The van der Waals surface area contributed by atoms with Crippen molar-refractivity contribution in [1.82, 2.24) is 14.5 Å². The zero-order valence-corrected chi connectivity index (χ0v) is 13.6. The van der Waals surface area contributed by atoms with Gasteiger partial charge in [0.05, 0.1) is 12.1 Å². The van der Waals surface area contributed by atoms with E-state index in [1.54, 1.807) is 0 Å². The predicted octanol–water partition coefficient (Wildman–Crippen LogP) is 2.81. The Bertz CT molecular complexity index is 650. The van der Waals surface area contributed by atoms with Gasteiger partial charge in [-0.1, -0.05) is 6.07 Å². The van der Waals surface area contributed by atoms with Gasteiger partial charge in [-0.15, -0.1) is 22.9 Å². The fraction of sp³-hybridized carbons (Fsp3) is 0.417. The minimum Gasteiger partial charge on any atom is -0.266 e. The van der Waals surface area contributed by atoms with Gasteiger partial charge in [-0.05, 0) is 25.3 Å². The van der Waals surface area contributed by atoms with Gasteiger partial charge < -0.3 is 0 Å². The third-order valence-electron chi connectivity index (χ3n) is 2.86. The van der Waals surface area contributed by atoms with Crippen LogP contribution in [0.15, 0.2) is 28.7 Å². The van der Waals surface area contributed by atoms with E-state index in [9.17, 15) is 8.42 Å². The van der Waals surface area contributed by atoms with E-state index in [4.69, 9.17) is 11.6 Å². The number of hydrogen-bond acceptors (Lipinski definition) is 4. The molecule has 2 aromatic heterocycles. The molecule has 0 saturated heterocycles. The van der Waals surface area contributed by atoms with Crippen LogP contribution in [0.25, 0.3) is 0 Å². The molecule has 110 valence electrons. The number of thiophene rings is 1. The number of nitrogens with zero attached hydrogens (tertiary/aromatic N) is 2. The van der Waals surface area contributed by atoms with Gasteiger partial charge in [0.25, 0.3) is 10.0 Å². The molecule has 2 aromatic rings. The number of alkyl halides is 1. The molecular weight excluding hydrogens is 318 g/mol. The van der Waals surface area contributed by atoms with E-state index >= 15 is 0 Å². The summed E-state index contributed by atoms with van der Waals surface area (Å²) in [5.41, 5.74) is 0.489. The maximum atomic E-state index is 12.7. The summed E-state index contributed by atoms with van der Waals surface area (Å²) in [5, 5.41) is 8.35. The predicted molar refractivity (Wildman–Crippen MR) is 80.3 cm³/mol. The summed E-state index contributed by atoms with van der Waals surface area (Å²) in [7, 11) is -3.64. The van der Waals surface area contributed by atoms with Gasteiger partial charge in [0.15, 0.2) is 5.03 Å². The Hall–Kier alpha value is -0.890. The highest BCUT2D eigenvalue weighted by Gasteiger charge is 2.30. The minimum atomic E-state index is -3.64. The summed E-state index contributed by atoms with van der Waals surface area (Å²) in [6.07, 6.45) is 1.45. The molecule has 0 aliphatic carbocycles. The molecular formula is C12H16ClN3O2S2. The van der Waals surface area contributed by atoms with Crippen molar-refractivity contribution in [3.05, 3.63) is 34.2 Å². The third-order valence-corrected chi connectivity index (χ3v) is 6.04. The van der Waals surface area contributed by atoms with Gasteiger partial charge in [0, 0.05) is 23.0 Å². The molecule has 0 spiro atoms. The second-order valence-electron chi connectivity index (χ2n) is 4.58.